The minimum Gasteiger partial charge on any atom is -0.459 e. The van der Waals surface area contributed by atoms with Crippen molar-refractivity contribution in [1.82, 2.24) is 15.4 Å². The molecule has 0 bridgehead atoms. The number of carbonyl (C=O) groups excluding carboxylic acids is 1. The molecular formula is C12H16N6O3. The van der Waals surface area contributed by atoms with Crippen LogP contribution in [-0.2, 0) is 4.74 Å². The fourth-order valence-corrected chi connectivity index (χ4v) is 1.49. The number of methoxy groups -OCH3 is 1. The molecule has 0 aliphatic heterocycles. The first-order valence-electron chi connectivity index (χ1n) is 6.15. The zero-order chi connectivity index (χ0) is 15.1. The van der Waals surface area contributed by atoms with Crippen molar-refractivity contribution in [2.24, 2.45) is 0 Å². The molecule has 21 heavy (non-hydrogen) atoms. The molecule has 2 aromatic rings. The lowest BCUT2D eigenvalue weighted by Crippen LogP contribution is -2.30. The minimum absolute atomic E-state index is 0.175. The molecule has 0 spiro atoms. The molecule has 0 aliphatic carbocycles. The Bertz CT molecular complexity index is 587. The van der Waals surface area contributed by atoms with Gasteiger partial charge in [0.05, 0.1) is 12.9 Å². The van der Waals surface area contributed by atoms with Crippen LogP contribution in [0.3, 0.4) is 0 Å². The summed E-state index contributed by atoms with van der Waals surface area (Å²) >= 11 is 0. The topological polar surface area (TPSA) is 127 Å². The number of anilines is 3. The molecule has 0 atom stereocenters. The fourth-order valence-electron chi connectivity index (χ4n) is 1.49. The van der Waals surface area contributed by atoms with E-state index in [0.717, 1.165) is 0 Å². The van der Waals surface area contributed by atoms with E-state index < -0.39 is 5.91 Å². The number of aromatic nitrogens is 2. The number of nitrogens with zero attached hydrogens (tertiary/aromatic N) is 2. The van der Waals surface area contributed by atoms with Crippen LogP contribution < -0.4 is 21.9 Å². The highest BCUT2D eigenvalue weighted by atomic mass is 16.5. The average Bonchev–Trinajstić information content (AvgIpc) is 3.02. The number of nitrogens with two attached hydrogens (primary N) is 1. The Kier molecular flexibility index (Phi) is 4.94. The van der Waals surface area contributed by atoms with Crippen LogP contribution in [0.15, 0.2) is 29.1 Å². The third-order valence-corrected chi connectivity index (χ3v) is 2.52. The van der Waals surface area contributed by atoms with Gasteiger partial charge in [0.2, 0.25) is 0 Å². The van der Waals surface area contributed by atoms with Crippen molar-refractivity contribution in [3.63, 3.8) is 0 Å². The maximum atomic E-state index is 11.7. The second-order valence-electron chi connectivity index (χ2n) is 3.96. The number of carbonyl (C=O) groups is 1. The van der Waals surface area contributed by atoms with Gasteiger partial charge in [0.25, 0.3) is 0 Å². The van der Waals surface area contributed by atoms with Crippen LogP contribution in [0.2, 0.25) is 0 Å². The van der Waals surface area contributed by atoms with Crippen LogP contribution in [0.1, 0.15) is 10.6 Å². The standard InChI is InChI=1S/C12H16N6O3/c1-20-6-4-14-10-9(13)11(16-7-15-10)17-18-12(19)8-3-2-5-21-8/h2-3,5,7H,4,6,13H2,1H3,(H,18,19)(H2,14,15,16,17). The summed E-state index contributed by atoms with van der Waals surface area (Å²) in [6.07, 6.45) is 2.73. The first-order chi connectivity index (χ1) is 10.2. The number of furan rings is 1. The maximum absolute atomic E-state index is 11.7. The molecule has 0 aliphatic rings. The molecule has 1 amide bonds. The smallest absolute Gasteiger partial charge is 0.305 e. The Balaban J connectivity index is 1.97. The van der Waals surface area contributed by atoms with Gasteiger partial charge in [-0.3, -0.25) is 15.6 Å². The molecule has 0 aromatic carbocycles. The van der Waals surface area contributed by atoms with Crippen LogP contribution in [0.25, 0.3) is 0 Å². The molecule has 5 N–H and O–H groups in total. The van der Waals surface area contributed by atoms with Crippen molar-refractivity contribution in [1.29, 1.82) is 0 Å². The van der Waals surface area contributed by atoms with E-state index in [0.29, 0.717) is 19.0 Å². The van der Waals surface area contributed by atoms with Gasteiger partial charge in [-0.25, -0.2) is 9.97 Å². The molecule has 2 rings (SSSR count). The third-order valence-electron chi connectivity index (χ3n) is 2.52. The van der Waals surface area contributed by atoms with E-state index in [1.807, 2.05) is 0 Å². The highest BCUT2D eigenvalue weighted by Crippen LogP contribution is 2.21. The summed E-state index contributed by atoms with van der Waals surface area (Å²) < 4.78 is 9.89. The molecule has 0 fully saturated rings. The van der Waals surface area contributed by atoms with Gasteiger partial charge in [-0.1, -0.05) is 0 Å². The lowest BCUT2D eigenvalue weighted by Gasteiger charge is -2.12. The number of rotatable bonds is 7. The van der Waals surface area contributed by atoms with E-state index in [-0.39, 0.29) is 17.3 Å². The van der Waals surface area contributed by atoms with Gasteiger partial charge in [0.1, 0.15) is 12.0 Å². The fraction of sp³-hybridized carbons (Fsp3) is 0.250. The minimum atomic E-state index is -0.438. The van der Waals surface area contributed by atoms with E-state index in [4.69, 9.17) is 14.9 Å². The van der Waals surface area contributed by atoms with Gasteiger partial charge < -0.3 is 20.2 Å². The summed E-state index contributed by atoms with van der Waals surface area (Å²) in [5.41, 5.74) is 11.2. The van der Waals surface area contributed by atoms with E-state index in [2.05, 4.69) is 26.1 Å². The van der Waals surface area contributed by atoms with E-state index in [1.54, 1.807) is 13.2 Å². The third kappa shape index (κ3) is 3.83. The highest BCUT2D eigenvalue weighted by Gasteiger charge is 2.11. The van der Waals surface area contributed by atoms with Gasteiger partial charge in [-0.15, -0.1) is 0 Å². The van der Waals surface area contributed by atoms with Crippen LogP contribution in [0.4, 0.5) is 17.3 Å². The Morgan fingerprint density at radius 2 is 2.24 bits per heavy atom. The van der Waals surface area contributed by atoms with Crippen molar-refractivity contribution >= 4 is 23.2 Å². The van der Waals surface area contributed by atoms with E-state index in [1.165, 1.54) is 18.7 Å². The molecule has 0 radical (unpaired) electrons. The van der Waals surface area contributed by atoms with E-state index >= 15 is 0 Å². The van der Waals surface area contributed by atoms with Crippen LogP contribution in [-0.4, -0.2) is 36.1 Å². The summed E-state index contributed by atoms with van der Waals surface area (Å²) in [4.78, 5) is 19.7. The lowest BCUT2D eigenvalue weighted by atomic mass is 10.4. The second-order valence-corrected chi connectivity index (χ2v) is 3.96. The number of hydrogen-bond donors (Lipinski definition) is 4. The number of nitrogens with one attached hydrogen (secondary N) is 3. The summed E-state index contributed by atoms with van der Waals surface area (Å²) in [6, 6.07) is 3.16. The number of hydrogen-bond acceptors (Lipinski definition) is 8. The van der Waals surface area contributed by atoms with Gasteiger partial charge in [-0.05, 0) is 12.1 Å². The van der Waals surface area contributed by atoms with Gasteiger partial charge in [0.15, 0.2) is 17.4 Å². The molecule has 0 unspecified atom stereocenters. The van der Waals surface area contributed by atoms with Crippen molar-refractivity contribution in [2.75, 3.05) is 36.7 Å². The molecule has 2 aromatic heterocycles. The number of hydrazine groups is 1. The number of amides is 1. The largest absolute Gasteiger partial charge is 0.459 e. The van der Waals surface area contributed by atoms with Crippen molar-refractivity contribution < 1.29 is 13.9 Å². The molecule has 0 saturated carbocycles. The number of nitrogen functional groups attached to an aromatic ring is 1. The maximum Gasteiger partial charge on any atom is 0.305 e. The van der Waals surface area contributed by atoms with Crippen molar-refractivity contribution in [3.05, 3.63) is 30.5 Å². The van der Waals surface area contributed by atoms with Crippen LogP contribution >= 0.6 is 0 Å². The summed E-state index contributed by atoms with van der Waals surface area (Å²) in [6.45, 7) is 1.07. The van der Waals surface area contributed by atoms with Crippen molar-refractivity contribution in [2.45, 2.75) is 0 Å². The van der Waals surface area contributed by atoms with Gasteiger partial charge in [-0.2, -0.15) is 0 Å². The van der Waals surface area contributed by atoms with Crippen LogP contribution in [0, 0.1) is 0 Å². The quantitative estimate of drug-likeness (QED) is 0.428. The SMILES string of the molecule is COCCNc1ncnc(NNC(=O)c2ccco2)c1N. The Hall–Kier alpha value is -2.81. The van der Waals surface area contributed by atoms with Crippen molar-refractivity contribution in [3.8, 4) is 0 Å². The molecule has 2 heterocycles. The average molecular weight is 292 g/mol. The predicted molar refractivity (Wildman–Crippen MR) is 76.6 cm³/mol. The summed E-state index contributed by atoms with van der Waals surface area (Å²) in [5.74, 6) is 0.474. The molecule has 112 valence electrons. The van der Waals surface area contributed by atoms with E-state index in [9.17, 15) is 4.79 Å². The lowest BCUT2D eigenvalue weighted by molar-refractivity contribution is 0.0935. The number of ether oxygens (including phenoxy) is 1. The molecule has 0 saturated heterocycles. The Morgan fingerprint density at radius 1 is 1.43 bits per heavy atom. The first-order valence-corrected chi connectivity index (χ1v) is 6.15. The van der Waals surface area contributed by atoms with Gasteiger partial charge in [0, 0.05) is 13.7 Å². The monoisotopic (exact) mass is 292 g/mol. The Morgan fingerprint density at radius 3 is 2.95 bits per heavy atom. The second kappa shape index (κ2) is 7.10. The zero-order valence-corrected chi connectivity index (χ0v) is 11.4. The molecule has 9 nitrogen and oxygen atoms in total. The zero-order valence-electron chi connectivity index (χ0n) is 11.4. The summed E-state index contributed by atoms with van der Waals surface area (Å²) in [7, 11) is 1.60. The summed E-state index contributed by atoms with van der Waals surface area (Å²) in [5, 5.41) is 3.00. The normalized spacial score (nSPS) is 10.1. The Labute approximate surface area is 120 Å². The molecular weight excluding hydrogens is 276 g/mol. The highest BCUT2D eigenvalue weighted by molar-refractivity contribution is 5.92. The first kappa shape index (κ1) is 14.6. The van der Waals surface area contributed by atoms with Crippen LogP contribution in [0.5, 0.6) is 0 Å². The predicted octanol–water partition coefficient (Wildman–Crippen LogP) is 0.467. The molecule has 9 heteroatoms. The van der Waals surface area contributed by atoms with Gasteiger partial charge >= 0.3 is 5.91 Å².